The van der Waals surface area contributed by atoms with Gasteiger partial charge >= 0.3 is 0 Å². The normalized spacial score (nSPS) is 17.4. The zero-order chi connectivity index (χ0) is 104. The van der Waals surface area contributed by atoms with Gasteiger partial charge in [0.1, 0.15) is 17.4 Å². The van der Waals surface area contributed by atoms with Crippen LogP contribution in [-0.4, -0.2) is 135 Å². The number of anilines is 5. The van der Waals surface area contributed by atoms with Gasteiger partial charge in [0.25, 0.3) is 0 Å². The summed E-state index contributed by atoms with van der Waals surface area (Å²) in [7, 11) is 1.70. The van der Waals surface area contributed by atoms with E-state index in [1.807, 2.05) is 194 Å². The number of methoxy groups -OCH3 is 1. The van der Waals surface area contributed by atoms with Crippen molar-refractivity contribution in [2.45, 2.75) is 69.5 Å². The Kier molecular flexibility index (Phi) is 40.9. The molecule has 12 nitrogen and oxygen atoms in total. The van der Waals surface area contributed by atoms with Crippen molar-refractivity contribution in [3.05, 3.63) is 486 Å². The number of nitrogens with zero attached hydrogens (tertiary/aromatic N) is 10. The zero-order valence-corrected chi connectivity index (χ0v) is 93.3. The van der Waals surface area contributed by atoms with E-state index in [1.165, 1.54) is 57.1 Å². The number of aliphatic hydroxyl groups is 1. The average Bonchev–Trinajstić information content (AvgIpc) is 0.806. The predicted molar refractivity (Wildman–Crippen MR) is 621 cm³/mol. The summed E-state index contributed by atoms with van der Waals surface area (Å²) in [5.41, 5.74) is 16.6. The number of hydrogen-bond acceptors (Lipinski definition) is 12. The summed E-state index contributed by atoms with van der Waals surface area (Å²) >= 11 is 106. The Morgan fingerprint density at radius 1 is 0.236 bits per heavy atom. The highest BCUT2D eigenvalue weighted by molar-refractivity contribution is 6.40. The number of aliphatic hydroxyl groups excluding tert-OH is 1. The van der Waals surface area contributed by atoms with Gasteiger partial charge in [-0.25, -0.2) is 8.78 Å². The van der Waals surface area contributed by atoms with Crippen molar-refractivity contribution in [2.24, 2.45) is 0 Å². The van der Waals surface area contributed by atoms with Gasteiger partial charge in [-0.05, 0) is 250 Å². The fourth-order valence-electron chi connectivity index (χ4n) is 19.5. The van der Waals surface area contributed by atoms with Crippen LogP contribution in [0.5, 0.6) is 5.75 Å². The van der Waals surface area contributed by atoms with Crippen molar-refractivity contribution in [3.8, 4) is 5.75 Å². The molecule has 1 N–H and O–H groups in total. The smallest absolute Gasteiger partial charge is 0.130 e. The first-order valence-electron chi connectivity index (χ1n) is 48.2. The van der Waals surface area contributed by atoms with Gasteiger partial charge in [-0.15, -0.1) is 0 Å². The van der Waals surface area contributed by atoms with Crippen molar-refractivity contribution >= 4 is 226 Å². The molecule has 0 amide bonds. The lowest BCUT2D eigenvalue weighted by atomic mass is 10.0. The number of ether oxygens (including phenoxy) is 1. The largest absolute Gasteiger partial charge is 0.497 e. The summed E-state index contributed by atoms with van der Waals surface area (Å²) < 4.78 is 33.7. The summed E-state index contributed by atoms with van der Waals surface area (Å²) in [6.45, 7) is 16.1. The summed E-state index contributed by atoms with van der Waals surface area (Å²) in [5.74, 6) is -0.171. The van der Waals surface area contributed by atoms with E-state index in [4.69, 9.17) is 202 Å². The minimum Gasteiger partial charge on any atom is -0.497 e. The molecule has 5 unspecified atom stereocenters. The van der Waals surface area contributed by atoms with Crippen LogP contribution in [0.25, 0.3) is 0 Å². The maximum Gasteiger partial charge on any atom is 0.130 e. The molecular formula is C117H105Cl17F2N10O2. The third-order valence-electron chi connectivity index (χ3n) is 26.9. The summed E-state index contributed by atoms with van der Waals surface area (Å²) in [4.78, 5) is 23.5. The lowest BCUT2D eigenvalue weighted by molar-refractivity contribution is 0.210. The summed E-state index contributed by atoms with van der Waals surface area (Å²) in [6.07, 6.45) is 0. The highest BCUT2D eigenvalue weighted by Gasteiger charge is 2.37. The van der Waals surface area contributed by atoms with Crippen LogP contribution in [0.2, 0.25) is 85.4 Å². The van der Waals surface area contributed by atoms with E-state index in [1.54, 1.807) is 37.4 Å². The Labute approximate surface area is 950 Å². The van der Waals surface area contributed by atoms with Crippen molar-refractivity contribution in [3.63, 3.8) is 0 Å². The van der Waals surface area contributed by atoms with Gasteiger partial charge in [0.15, 0.2) is 0 Å². The first-order valence-corrected chi connectivity index (χ1v) is 54.6. The van der Waals surface area contributed by atoms with Crippen LogP contribution in [0.4, 0.5) is 37.2 Å². The lowest BCUT2D eigenvalue weighted by Gasteiger charge is -2.43. The Balaban J connectivity index is 0.000000132. The van der Waals surface area contributed by atoms with Crippen molar-refractivity contribution < 1.29 is 18.6 Å². The molecule has 5 atom stereocenters. The highest BCUT2D eigenvalue weighted by atomic mass is 35.5. The highest BCUT2D eigenvalue weighted by Crippen LogP contribution is 2.46. The van der Waals surface area contributed by atoms with E-state index in [0.717, 1.165) is 186 Å². The van der Waals surface area contributed by atoms with Crippen LogP contribution < -0.4 is 29.2 Å². The van der Waals surface area contributed by atoms with E-state index < -0.39 is 11.6 Å². The summed E-state index contributed by atoms with van der Waals surface area (Å²) in [5, 5.41) is 20.8. The Morgan fingerprint density at radius 3 is 0.797 bits per heavy atom. The molecule has 768 valence electrons. The number of piperazine rings is 5. The molecule has 20 rings (SSSR count). The molecule has 0 aliphatic carbocycles. The molecule has 15 aromatic rings. The minimum absolute atomic E-state index is 0.0653. The van der Waals surface area contributed by atoms with Gasteiger partial charge < -0.3 is 34.3 Å². The molecule has 0 aromatic heterocycles. The van der Waals surface area contributed by atoms with Crippen LogP contribution in [0.3, 0.4) is 0 Å². The van der Waals surface area contributed by atoms with E-state index in [9.17, 15) is 13.9 Å². The number of halogens is 19. The van der Waals surface area contributed by atoms with Crippen LogP contribution in [0, 0.1) is 11.6 Å². The lowest BCUT2D eigenvalue weighted by Crippen LogP contribution is -2.48. The predicted octanol–water partition coefficient (Wildman–Crippen LogP) is 34.6. The first kappa shape index (κ1) is 112. The van der Waals surface area contributed by atoms with Crippen LogP contribution in [-0.2, 0) is 39.3 Å². The van der Waals surface area contributed by atoms with Gasteiger partial charge in [-0.1, -0.05) is 331 Å². The monoisotopic (exact) mass is 2310 g/mol. The molecule has 15 aromatic carbocycles. The Hall–Kier alpha value is -8.35. The van der Waals surface area contributed by atoms with Crippen LogP contribution in [0.15, 0.2) is 328 Å². The molecular weight excluding hydrogens is 2220 g/mol. The third-order valence-corrected chi connectivity index (χ3v) is 31.5. The number of benzene rings is 15. The Bertz CT molecular complexity index is 6920. The summed E-state index contributed by atoms with van der Waals surface area (Å²) in [6, 6.07) is 105. The van der Waals surface area contributed by atoms with E-state index >= 15 is 0 Å². The molecule has 5 aliphatic rings. The number of hydrogen-bond donors (Lipinski definition) is 1. The Morgan fingerprint density at radius 2 is 0.500 bits per heavy atom. The molecule has 148 heavy (non-hydrogen) atoms. The fourth-order valence-corrected chi connectivity index (χ4v) is 23.1. The molecule has 0 radical (unpaired) electrons. The van der Waals surface area contributed by atoms with Crippen LogP contribution >= 0.6 is 197 Å². The number of rotatable bonds is 22. The second-order valence-electron chi connectivity index (χ2n) is 36.7. The molecule has 0 saturated carbocycles. The van der Waals surface area contributed by atoms with Gasteiger partial charge in [0.2, 0.25) is 0 Å². The van der Waals surface area contributed by atoms with Gasteiger partial charge in [0, 0.05) is 197 Å². The third kappa shape index (κ3) is 30.4. The van der Waals surface area contributed by atoms with E-state index in [0.29, 0.717) is 74.9 Å². The van der Waals surface area contributed by atoms with Crippen molar-refractivity contribution in [1.82, 2.24) is 24.5 Å². The second-order valence-corrected chi connectivity index (χ2v) is 43.9. The zero-order valence-electron chi connectivity index (χ0n) is 80.4. The molecule has 5 aliphatic heterocycles. The molecule has 0 spiro atoms. The molecule has 31 heteroatoms. The van der Waals surface area contributed by atoms with Gasteiger partial charge in [0.05, 0.1) is 97.5 Å². The van der Waals surface area contributed by atoms with Gasteiger partial charge in [-0.2, -0.15) is 0 Å². The topological polar surface area (TPSA) is 61.9 Å². The van der Waals surface area contributed by atoms with Crippen molar-refractivity contribution in [1.29, 1.82) is 0 Å². The molecule has 0 bridgehead atoms. The van der Waals surface area contributed by atoms with E-state index in [-0.39, 0.29) is 48.9 Å². The van der Waals surface area contributed by atoms with E-state index in [2.05, 4.69) is 134 Å². The molecule has 5 heterocycles. The SMILES string of the molecule is COc1cccc(CN2CCN(c3ccc(Cl)cc3Cl)C(c3ccc(Cl)cc3)C2)c1.Clc1ccc(C2CN(Cc3cccc(Cl)c3)CCN2c2ccc(Cl)cc2Cl)cc1.Clc1ccc(C2CN(Cc3ccccc3Cl)CCN2c2ccc(Cl)cc2Cl)cc1.Fc1cccc(F)c1CN1CCN(c2ccc(Cl)cc2Cl)C(c2ccc(Cl)cc2)C1.OCc1ccc(CN2CCN(c3ccc(Cl)cc3Cl)C(c3ccc(Cl)cc3)C2)cc1. The maximum atomic E-state index is 14.2. The average molecular weight is 2320 g/mol. The fraction of sp³-hybridized carbons (Fsp3) is 0.231. The molecule has 5 saturated heterocycles. The van der Waals surface area contributed by atoms with Crippen molar-refractivity contribution in [2.75, 3.05) is 130 Å². The van der Waals surface area contributed by atoms with Gasteiger partial charge in [-0.3, -0.25) is 24.5 Å². The van der Waals surface area contributed by atoms with Crippen LogP contribution in [0.1, 0.15) is 91.4 Å². The minimum atomic E-state index is -0.527. The standard InChI is InChI=1S/2C24H23Cl3N2O.2C23H20Cl4N2.C23H19Cl3F2N2/c1-30-21-4-2-3-17(13-21)15-28-11-12-29(23-10-9-20(26)14-22(23)27)24(16-28)18-5-7-19(25)8-6-18;25-20-7-5-19(6-8-20)24-15-28(14-17-1-3-18(16-30)4-2-17)11-12-29(24)23-10-9-21(26)13-22(23)27;24-18-6-4-17(5-7-18)23-15-28(14-16-2-1-3-19(25)12-16)10-11-29(23)22-9-8-20(26)13-21(22)27;24-18-7-5-16(6-8-18)23-15-28(14-17-3-1-2-4-20(17)26)11-12-29(23)22-10-9-19(25)13-21(22)27;24-16-6-4-15(5-7-16)23-14-29(13-18-20(27)2-1-3-21(18)28)10-11-30(23)22-9-8-17(25)12-19(22)26/h2-10,13-14,24H,11-12,15-16H2,1H3;1-10,13,24,30H,11-12,14-16H2;1-9,12-13,23H,10-11,14-15H2;1-10,13,23H,11-12,14-15H2;1-9,12,23H,10-11,13-14H2. The molecule has 5 fully saturated rings. The second kappa shape index (κ2) is 54.0. The maximum absolute atomic E-state index is 14.2. The first-order chi connectivity index (χ1) is 71.5. The quantitative estimate of drug-likeness (QED) is 0.0703.